The van der Waals surface area contributed by atoms with Gasteiger partial charge in [0.1, 0.15) is 6.33 Å². The van der Waals surface area contributed by atoms with Crippen LogP contribution < -0.4 is 0 Å². The van der Waals surface area contributed by atoms with Crippen LogP contribution in [-0.4, -0.2) is 14.8 Å². The lowest BCUT2D eigenvalue weighted by atomic mass is 10.2. The van der Waals surface area contributed by atoms with Crippen LogP contribution >= 0.6 is 11.8 Å². The van der Waals surface area contributed by atoms with E-state index in [1.165, 1.54) is 5.56 Å². The standard InChI is InChI=1S/C17H14N4S/c1-13-5-2-3-8-16(13)21-12-19-20-17(21)22-11-15-7-4-6-14(9-15)10-18/h2-9,12H,11H2,1H3. The zero-order chi connectivity index (χ0) is 15.4. The summed E-state index contributed by atoms with van der Waals surface area (Å²) in [7, 11) is 0. The Morgan fingerprint density at radius 1 is 1.18 bits per heavy atom. The third-order valence-electron chi connectivity index (χ3n) is 3.32. The molecule has 0 atom stereocenters. The normalized spacial score (nSPS) is 10.4. The molecule has 3 rings (SSSR count). The average Bonchev–Trinajstić information content (AvgIpc) is 3.02. The highest BCUT2D eigenvalue weighted by Gasteiger charge is 2.09. The summed E-state index contributed by atoms with van der Waals surface area (Å²) >= 11 is 1.61. The Labute approximate surface area is 133 Å². The minimum Gasteiger partial charge on any atom is -0.276 e. The van der Waals surface area contributed by atoms with E-state index in [-0.39, 0.29) is 0 Å². The molecule has 5 heteroatoms. The number of benzene rings is 2. The maximum atomic E-state index is 8.95. The minimum absolute atomic E-state index is 0.679. The van der Waals surface area contributed by atoms with Gasteiger partial charge in [0.25, 0.3) is 0 Å². The lowest BCUT2D eigenvalue weighted by molar-refractivity contribution is 0.878. The number of aromatic nitrogens is 3. The Morgan fingerprint density at radius 2 is 2.05 bits per heavy atom. The number of hydrogen-bond donors (Lipinski definition) is 0. The topological polar surface area (TPSA) is 54.5 Å². The van der Waals surface area contributed by atoms with Crippen LogP contribution in [0.15, 0.2) is 60.0 Å². The molecule has 108 valence electrons. The van der Waals surface area contributed by atoms with Gasteiger partial charge < -0.3 is 0 Å². The third kappa shape index (κ3) is 3.02. The number of rotatable bonds is 4. The van der Waals surface area contributed by atoms with Crippen LogP contribution in [0.2, 0.25) is 0 Å². The fraction of sp³-hybridized carbons (Fsp3) is 0.118. The van der Waals surface area contributed by atoms with E-state index in [1.54, 1.807) is 18.1 Å². The summed E-state index contributed by atoms with van der Waals surface area (Å²) in [5, 5.41) is 18.0. The van der Waals surface area contributed by atoms with E-state index in [0.717, 1.165) is 22.2 Å². The van der Waals surface area contributed by atoms with Crippen LogP contribution in [-0.2, 0) is 5.75 Å². The van der Waals surface area contributed by atoms with Gasteiger partial charge >= 0.3 is 0 Å². The van der Waals surface area contributed by atoms with Crippen LogP contribution in [0.3, 0.4) is 0 Å². The summed E-state index contributed by atoms with van der Waals surface area (Å²) in [5.74, 6) is 0.750. The zero-order valence-corrected chi connectivity index (χ0v) is 12.9. The van der Waals surface area contributed by atoms with Gasteiger partial charge in [-0.3, -0.25) is 4.57 Å². The lowest BCUT2D eigenvalue weighted by Gasteiger charge is -2.09. The molecular weight excluding hydrogens is 292 g/mol. The van der Waals surface area contributed by atoms with Crippen LogP contribution in [0, 0.1) is 18.3 Å². The zero-order valence-electron chi connectivity index (χ0n) is 12.1. The molecule has 3 aromatic rings. The summed E-state index contributed by atoms with van der Waals surface area (Å²) in [4.78, 5) is 0. The van der Waals surface area contributed by atoms with E-state index in [0.29, 0.717) is 5.56 Å². The number of aryl methyl sites for hydroxylation is 1. The molecule has 22 heavy (non-hydrogen) atoms. The van der Waals surface area contributed by atoms with Crippen molar-refractivity contribution >= 4 is 11.8 Å². The number of nitrogens with zero attached hydrogens (tertiary/aromatic N) is 4. The van der Waals surface area contributed by atoms with Gasteiger partial charge in [0.2, 0.25) is 0 Å². The van der Waals surface area contributed by atoms with Crippen molar-refractivity contribution in [2.45, 2.75) is 17.8 Å². The third-order valence-corrected chi connectivity index (χ3v) is 4.33. The highest BCUT2D eigenvalue weighted by Crippen LogP contribution is 2.25. The van der Waals surface area contributed by atoms with Gasteiger partial charge in [-0.25, -0.2) is 0 Å². The molecule has 0 unspecified atom stereocenters. The van der Waals surface area contributed by atoms with Crippen LogP contribution in [0.25, 0.3) is 5.69 Å². The Balaban J connectivity index is 1.81. The molecule has 1 aromatic heterocycles. The van der Waals surface area contributed by atoms with Crippen LogP contribution in [0.1, 0.15) is 16.7 Å². The molecule has 0 saturated heterocycles. The molecule has 1 heterocycles. The first-order chi connectivity index (χ1) is 10.8. The first-order valence-corrected chi connectivity index (χ1v) is 7.84. The number of nitriles is 1. The predicted octanol–water partition coefficient (Wildman–Crippen LogP) is 3.74. The first-order valence-electron chi connectivity index (χ1n) is 6.86. The molecule has 0 radical (unpaired) electrons. The van der Waals surface area contributed by atoms with Crippen molar-refractivity contribution in [3.63, 3.8) is 0 Å². The molecule has 0 aliphatic carbocycles. The van der Waals surface area contributed by atoms with E-state index in [9.17, 15) is 0 Å². The Hall–Kier alpha value is -2.58. The highest BCUT2D eigenvalue weighted by atomic mass is 32.2. The smallest absolute Gasteiger partial charge is 0.195 e. The van der Waals surface area contributed by atoms with Gasteiger partial charge in [-0.15, -0.1) is 10.2 Å². The average molecular weight is 306 g/mol. The van der Waals surface area contributed by atoms with Crippen molar-refractivity contribution in [3.8, 4) is 11.8 Å². The van der Waals surface area contributed by atoms with Gasteiger partial charge in [0, 0.05) is 5.75 Å². The predicted molar refractivity (Wildman–Crippen MR) is 86.8 cm³/mol. The molecule has 0 aliphatic heterocycles. The Morgan fingerprint density at radius 3 is 2.86 bits per heavy atom. The second-order valence-corrected chi connectivity index (χ2v) is 5.81. The number of thioether (sulfide) groups is 1. The molecule has 0 spiro atoms. The summed E-state index contributed by atoms with van der Waals surface area (Å²) in [6.07, 6.45) is 1.73. The van der Waals surface area contributed by atoms with E-state index in [1.807, 2.05) is 41.0 Å². The maximum Gasteiger partial charge on any atom is 0.195 e. The van der Waals surface area contributed by atoms with Crippen molar-refractivity contribution in [3.05, 3.63) is 71.5 Å². The SMILES string of the molecule is Cc1ccccc1-n1cnnc1SCc1cccc(C#N)c1. The van der Waals surface area contributed by atoms with E-state index in [2.05, 4.69) is 35.3 Å². The van der Waals surface area contributed by atoms with E-state index < -0.39 is 0 Å². The highest BCUT2D eigenvalue weighted by molar-refractivity contribution is 7.98. The van der Waals surface area contributed by atoms with Crippen molar-refractivity contribution in [2.24, 2.45) is 0 Å². The van der Waals surface area contributed by atoms with Gasteiger partial charge in [0.05, 0.1) is 17.3 Å². The molecule has 2 aromatic carbocycles. The van der Waals surface area contributed by atoms with Gasteiger partial charge in [-0.05, 0) is 36.2 Å². The summed E-state index contributed by atoms with van der Waals surface area (Å²) in [6, 6.07) is 17.9. The molecule has 0 fully saturated rings. The number of para-hydroxylation sites is 1. The summed E-state index contributed by atoms with van der Waals surface area (Å²) in [5.41, 5.74) is 4.04. The first kappa shape index (κ1) is 14.4. The van der Waals surface area contributed by atoms with Crippen LogP contribution in [0.4, 0.5) is 0 Å². The molecule has 0 bridgehead atoms. The largest absolute Gasteiger partial charge is 0.276 e. The Bertz CT molecular complexity index is 832. The monoisotopic (exact) mass is 306 g/mol. The minimum atomic E-state index is 0.679. The maximum absolute atomic E-state index is 8.95. The summed E-state index contributed by atoms with van der Waals surface area (Å²) < 4.78 is 1.99. The van der Waals surface area contributed by atoms with Crippen molar-refractivity contribution < 1.29 is 0 Å². The fourth-order valence-electron chi connectivity index (χ4n) is 2.20. The van der Waals surface area contributed by atoms with Crippen LogP contribution in [0.5, 0.6) is 0 Å². The van der Waals surface area contributed by atoms with Gasteiger partial charge in [-0.1, -0.05) is 42.1 Å². The molecule has 4 nitrogen and oxygen atoms in total. The molecule has 0 N–H and O–H groups in total. The molecular formula is C17H14N4S. The molecule has 0 saturated carbocycles. The number of hydrogen-bond acceptors (Lipinski definition) is 4. The lowest BCUT2D eigenvalue weighted by Crippen LogP contribution is -1.97. The van der Waals surface area contributed by atoms with Gasteiger partial charge in [-0.2, -0.15) is 5.26 Å². The quantitative estimate of drug-likeness (QED) is 0.689. The van der Waals surface area contributed by atoms with Crippen molar-refractivity contribution in [1.29, 1.82) is 5.26 Å². The second-order valence-electron chi connectivity index (χ2n) is 4.87. The van der Waals surface area contributed by atoms with E-state index >= 15 is 0 Å². The summed E-state index contributed by atoms with van der Waals surface area (Å²) in [6.45, 7) is 2.07. The Kier molecular flexibility index (Phi) is 4.22. The molecule has 0 amide bonds. The molecule has 0 aliphatic rings. The van der Waals surface area contributed by atoms with E-state index in [4.69, 9.17) is 5.26 Å². The second kappa shape index (κ2) is 6.46. The van der Waals surface area contributed by atoms with Crippen molar-refractivity contribution in [1.82, 2.24) is 14.8 Å². The van der Waals surface area contributed by atoms with Crippen molar-refractivity contribution in [2.75, 3.05) is 0 Å². The fourth-order valence-corrected chi connectivity index (χ4v) is 3.07. The van der Waals surface area contributed by atoms with Gasteiger partial charge in [0.15, 0.2) is 5.16 Å².